The van der Waals surface area contributed by atoms with Gasteiger partial charge in [-0.3, -0.25) is 24.2 Å². The number of hydrogen-bond donors (Lipinski definition) is 5. The molecule has 3 atom stereocenters. The highest BCUT2D eigenvalue weighted by atomic mass is 19.1. The van der Waals surface area contributed by atoms with Gasteiger partial charge in [-0.25, -0.2) is 4.39 Å². The molecule has 1 aromatic rings. The first-order chi connectivity index (χ1) is 23.0. The van der Waals surface area contributed by atoms with Crippen molar-refractivity contribution in [2.75, 3.05) is 18.4 Å². The Balaban J connectivity index is 1.49. The number of aliphatic hydroxyl groups is 1. The van der Waals surface area contributed by atoms with Gasteiger partial charge < -0.3 is 31.7 Å². The van der Waals surface area contributed by atoms with Crippen LogP contribution in [0.25, 0.3) is 0 Å². The zero-order chi connectivity index (χ0) is 34.8. The number of rotatable bonds is 12. The van der Waals surface area contributed by atoms with E-state index in [0.717, 1.165) is 51.4 Å². The fourth-order valence-corrected chi connectivity index (χ4v) is 6.94. The Bertz CT molecular complexity index is 1350. The van der Waals surface area contributed by atoms with Gasteiger partial charge in [0.2, 0.25) is 17.7 Å². The summed E-state index contributed by atoms with van der Waals surface area (Å²) >= 11 is 0. The number of amides is 4. The van der Waals surface area contributed by atoms with Crippen LogP contribution in [0.1, 0.15) is 103 Å². The number of likely N-dealkylation sites (tertiary alicyclic amines) is 1. The molecule has 264 valence electrons. The van der Waals surface area contributed by atoms with Gasteiger partial charge in [0.25, 0.3) is 5.91 Å². The summed E-state index contributed by atoms with van der Waals surface area (Å²) in [5.41, 5.74) is 6.39. The van der Waals surface area contributed by atoms with Gasteiger partial charge in [0.1, 0.15) is 17.9 Å². The van der Waals surface area contributed by atoms with Crippen LogP contribution in [-0.4, -0.2) is 77.2 Å². The fourth-order valence-electron chi connectivity index (χ4n) is 6.94. The van der Waals surface area contributed by atoms with Gasteiger partial charge in [0, 0.05) is 43.9 Å². The lowest BCUT2D eigenvalue weighted by molar-refractivity contribution is -0.138. The number of benzene rings is 1. The molecule has 11 nitrogen and oxygen atoms in total. The molecule has 0 radical (unpaired) electrons. The number of hydrogen-bond acceptors (Lipinski definition) is 7. The molecule has 3 aliphatic rings. The van der Waals surface area contributed by atoms with Crippen molar-refractivity contribution in [1.29, 1.82) is 0 Å². The summed E-state index contributed by atoms with van der Waals surface area (Å²) in [5, 5.41) is 18.2. The summed E-state index contributed by atoms with van der Waals surface area (Å²) < 4.78 is 15.7. The monoisotopic (exact) mass is 668 g/mol. The Hall–Kier alpha value is -3.80. The molecule has 1 aliphatic heterocycles. The number of piperidine rings is 1. The summed E-state index contributed by atoms with van der Waals surface area (Å²) in [7, 11) is 0. The van der Waals surface area contributed by atoms with Gasteiger partial charge >= 0.3 is 0 Å². The fraction of sp³-hybridized carbons (Fsp3) is 0.639. The number of anilines is 1. The first kappa shape index (κ1) is 37.0. The molecule has 1 aromatic carbocycles. The highest BCUT2D eigenvalue weighted by Gasteiger charge is 2.35. The first-order valence-corrected chi connectivity index (χ1v) is 17.6. The van der Waals surface area contributed by atoms with Crippen LogP contribution in [0.4, 0.5) is 10.1 Å². The predicted octanol–water partition coefficient (Wildman–Crippen LogP) is 3.91. The van der Waals surface area contributed by atoms with Crippen molar-refractivity contribution >= 4 is 35.5 Å². The second-order valence-corrected chi connectivity index (χ2v) is 13.8. The van der Waals surface area contributed by atoms with Crippen LogP contribution in [0.5, 0.6) is 0 Å². The van der Waals surface area contributed by atoms with Gasteiger partial charge in [-0.2, -0.15) is 0 Å². The first-order valence-electron chi connectivity index (χ1n) is 17.6. The number of nitrogens with two attached hydrogens (primary N) is 1. The predicted molar refractivity (Wildman–Crippen MR) is 184 cm³/mol. The Labute approximate surface area is 283 Å². The van der Waals surface area contributed by atoms with Crippen LogP contribution in [0, 0.1) is 17.7 Å². The van der Waals surface area contributed by atoms with E-state index in [0.29, 0.717) is 37.4 Å². The molecule has 0 aromatic heterocycles. The van der Waals surface area contributed by atoms with Crippen LogP contribution >= 0.6 is 0 Å². The highest BCUT2D eigenvalue weighted by Crippen LogP contribution is 2.32. The van der Waals surface area contributed by atoms with Crippen LogP contribution in [0.2, 0.25) is 0 Å². The van der Waals surface area contributed by atoms with Crippen LogP contribution in [0.15, 0.2) is 35.0 Å². The van der Waals surface area contributed by atoms with Crippen LogP contribution in [-0.2, 0) is 19.2 Å². The maximum absolute atomic E-state index is 15.7. The molecule has 6 N–H and O–H groups in total. The molecule has 48 heavy (non-hydrogen) atoms. The van der Waals surface area contributed by atoms with Crippen molar-refractivity contribution in [3.8, 4) is 0 Å². The standard InChI is InChI=1S/C36H53FN6O5/c1-4-31(45)41-32(36(48)43-17-15-28(44)16-18-43)23(3)25-13-14-30(29(37)19-25)40-35(47)33(24-11-9-22(2)10-12-24)42-34(46)26(20-38)21-39-27-7-5-6-8-27/h13-14,19-24,27-28,32-33,44H,4-12,15-18,38H2,1-3H3,(H,40,47)(H,41,45)(H,42,46)/t22?,23-,24?,32+,33-/m0/s1. The summed E-state index contributed by atoms with van der Waals surface area (Å²) in [6, 6.07) is 2.67. The molecule has 4 rings (SSSR count). The number of carbonyl (C=O) groups excluding carboxylic acids is 4. The topological polar surface area (TPSA) is 166 Å². The van der Waals surface area contributed by atoms with E-state index < -0.39 is 41.7 Å². The maximum atomic E-state index is 15.7. The SMILES string of the molecule is CCC(=O)N[C@@H](C(=O)N1CCC(O)CC1)[C@@H](C)c1ccc(NC(=O)[C@@H](NC(=O)C(C=NC2CCCC2)=CN)C2CCC(C)CC2)c(F)c1. The highest BCUT2D eigenvalue weighted by molar-refractivity contribution is 6.13. The minimum atomic E-state index is -0.928. The number of nitrogens with zero attached hydrogens (tertiary/aromatic N) is 2. The molecule has 3 fully saturated rings. The molecule has 0 spiro atoms. The van der Waals surface area contributed by atoms with E-state index in [9.17, 15) is 24.3 Å². The van der Waals surface area contributed by atoms with Gasteiger partial charge in [0.05, 0.1) is 17.4 Å². The largest absolute Gasteiger partial charge is 0.404 e. The Morgan fingerprint density at radius 3 is 2.31 bits per heavy atom. The quantitative estimate of drug-likeness (QED) is 0.167. The summed E-state index contributed by atoms with van der Waals surface area (Å²) in [6.45, 7) is 6.35. The zero-order valence-electron chi connectivity index (χ0n) is 28.6. The molecular weight excluding hydrogens is 615 g/mol. The van der Waals surface area contributed by atoms with Gasteiger partial charge in [-0.1, -0.05) is 52.5 Å². The minimum absolute atomic E-state index is 0.0535. The van der Waals surface area contributed by atoms with E-state index in [-0.39, 0.29) is 41.5 Å². The lowest BCUT2D eigenvalue weighted by Gasteiger charge is -2.35. The van der Waals surface area contributed by atoms with Crippen molar-refractivity contribution in [2.24, 2.45) is 22.6 Å². The average molecular weight is 669 g/mol. The van der Waals surface area contributed by atoms with E-state index in [4.69, 9.17) is 5.73 Å². The van der Waals surface area contributed by atoms with Gasteiger partial charge in [0.15, 0.2) is 0 Å². The minimum Gasteiger partial charge on any atom is -0.404 e. The third-order valence-corrected chi connectivity index (χ3v) is 10.2. The third-order valence-electron chi connectivity index (χ3n) is 10.2. The molecule has 0 unspecified atom stereocenters. The summed E-state index contributed by atoms with van der Waals surface area (Å²) in [6.07, 6.45) is 10.8. The van der Waals surface area contributed by atoms with Crippen molar-refractivity contribution in [3.63, 3.8) is 0 Å². The number of aliphatic imine (C=N–C) groups is 1. The molecule has 4 amide bonds. The smallest absolute Gasteiger partial charge is 0.254 e. The average Bonchev–Trinajstić information content (AvgIpc) is 3.61. The molecule has 1 saturated heterocycles. The zero-order valence-corrected chi connectivity index (χ0v) is 28.6. The van der Waals surface area contributed by atoms with E-state index >= 15 is 4.39 Å². The molecular formula is C36H53FN6O5. The number of aliphatic hydroxyl groups excluding tert-OH is 1. The third kappa shape index (κ3) is 9.87. The van der Waals surface area contributed by atoms with E-state index in [1.54, 1.807) is 24.8 Å². The van der Waals surface area contributed by atoms with E-state index in [2.05, 4.69) is 27.9 Å². The van der Waals surface area contributed by atoms with Gasteiger partial charge in [-0.15, -0.1) is 0 Å². The number of halogens is 1. The van der Waals surface area contributed by atoms with Crippen molar-refractivity contribution in [2.45, 2.75) is 122 Å². The second-order valence-electron chi connectivity index (χ2n) is 13.8. The van der Waals surface area contributed by atoms with E-state index in [1.807, 2.05) is 0 Å². The molecule has 2 saturated carbocycles. The Morgan fingerprint density at radius 1 is 1.04 bits per heavy atom. The lowest BCUT2D eigenvalue weighted by atomic mass is 9.79. The second kappa shape index (κ2) is 17.6. The van der Waals surface area contributed by atoms with Crippen LogP contribution < -0.4 is 21.7 Å². The Kier molecular flexibility index (Phi) is 13.5. The Morgan fingerprint density at radius 2 is 1.71 bits per heavy atom. The maximum Gasteiger partial charge on any atom is 0.254 e. The van der Waals surface area contributed by atoms with Gasteiger partial charge in [-0.05, 0) is 68.1 Å². The van der Waals surface area contributed by atoms with Crippen molar-refractivity contribution < 1.29 is 28.7 Å². The van der Waals surface area contributed by atoms with Crippen molar-refractivity contribution in [3.05, 3.63) is 41.4 Å². The lowest BCUT2D eigenvalue weighted by Crippen LogP contribution is -2.53. The number of nitrogens with one attached hydrogen (secondary N) is 3. The number of carbonyl (C=O) groups is 4. The molecule has 2 aliphatic carbocycles. The van der Waals surface area contributed by atoms with E-state index in [1.165, 1.54) is 24.5 Å². The summed E-state index contributed by atoms with van der Waals surface area (Å²) in [5.74, 6) is -2.51. The molecule has 1 heterocycles. The van der Waals surface area contributed by atoms with Crippen LogP contribution in [0.3, 0.4) is 0 Å². The molecule has 12 heteroatoms. The molecule has 0 bridgehead atoms. The normalized spacial score (nSPS) is 23.0. The summed E-state index contributed by atoms with van der Waals surface area (Å²) in [4.78, 5) is 59.1. The van der Waals surface area contributed by atoms with Crippen molar-refractivity contribution in [1.82, 2.24) is 15.5 Å².